The molecule has 1 aromatic heterocycles. The second-order valence-electron chi connectivity index (χ2n) is 5.02. The van der Waals surface area contributed by atoms with Gasteiger partial charge in [0.1, 0.15) is 5.78 Å². The standard InChI is InChI=1S/C15H15N3O2S2/c19-11-5-3-4-10(8-11)17-18-14(20)9-21-15-16-12-6-1-2-7-13(12)22-15/h1-2,6-7H,3-5,8-9H2,(H,18,20)/b17-10+. The second-order valence-corrected chi connectivity index (χ2v) is 7.27. The topological polar surface area (TPSA) is 71.4 Å². The lowest BCUT2D eigenvalue weighted by Crippen LogP contribution is -2.24. The first kappa shape index (κ1) is 15.2. The molecule has 0 spiro atoms. The summed E-state index contributed by atoms with van der Waals surface area (Å²) in [6.07, 6.45) is 2.61. The van der Waals surface area contributed by atoms with Crippen molar-refractivity contribution in [3.05, 3.63) is 24.3 Å². The summed E-state index contributed by atoms with van der Waals surface area (Å²) >= 11 is 2.98. The Hall–Kier alpha value is -1.73. The van der Waals surface area contributed by atoms with Crippen molar-refractivity contribution < 1.29 is 9.59 Å². The van der Waals surface area contributed by atoms with Gasteiger partial charge in [0.2, 0.25) is 0 Å². The normalized spacial score (nSPS) is 17.1. The summed E-state index contributed by atoms with van der Waals surface area (Å²) in [6.45, 7) is 0. The van der Waals surface area contributed by atoms with Crippen LogP contribution in [0.1, 0.15) is 25.7 Å². The van der Waals surface area contributed by atoms with E-state index in [1.807, 2.05) is 24.3 Å². The smallest absolute Gasteiger partial charge is 0.250 e. The van der Waals surface area contributed by atoms with Gasteiger partial charge in [0, 0.05) is 18.6 Å². The Morgan fingerprint density at radius 1 is 1.36 bits per heavy atom. The van der Waals surface area contributed by atoms with Crippen molar-refractivity contribution in [2.45, 2.75) is 30.0 Å². The molecule has 0 unspecified atom stereocenters. The quantitative estimate of drug-likeness (QED) is 0.690. The summed E-state index contributed by atoms with van der Waals surface area (Å²) in [6, 6.07) is 7.90. The van der Waals surface area contributed by atoms with E-state index in [1.54, 1.807) is 11.3 Å². The number of fused-ring (bicyclic) bond motifs is 1. The maximum atomic E-state index is 11.8. The molecule has 2 aromatic rings. The van der Waals surface area contributed by atoms with Crippen molar-refractivity contribution in [3.63, 3.8) is 0 Å². The van der Waals surface area contributed by atoms with Gasteiger partial charge in [-0.3, -0.25) is 9.59 Å². The monoisotopic (exact) mass is 333 g/mol. The van der Waals surface area contributed by atoms with Crippen molar-refractivity contribution in [2.24, 2.45) is 5.10 Å². The van der Waals surface area contributed by atoms with E-state index in [4.69, 9.17) is 0 Å². The summed E-state index contributed by atoms with van der Waals surface area (Å²) in [5.41, 5.74) is 4.26. The highest BCUT2D eigenvalue weighted by molar-refractivity contribution is 8.01. The van der Waals surface area contributed by atoms with Crippen LogP contribution in [0.5, 0.6) is 0 Å². The number of hydrogen-bond acceptors (Lipinski definition) is 6. The fourth-order valence-electron chi connectivity index (χ4n) is 2.20. The molecular weight excluding hydrogens is 318 g/mol. The number of carbonyl (C=O) groups is 2. The van der Waals surface area contributed by atoms with E-state index in [1.165, 1.54) is 11.8 Å². The van der Waals surface area contributed by atoms with Gasteiger partial charge in [0.05, 0.1) is 16.0 Å². The number of hydrogen-bond donors (Lipinski definition) is 1. The van der Waals surface area contributed by atoms with Crippen LogP contribution in [0.25, 0.3) is 10.2 Å². The molecule has 1 aliphatic rings. The minimum absolute atomic E-state index is 0.172. The fraction of sp³-hybridized carbons (Fsp3) is 0.333. The number of thiazole rings is 1. The average molecular weight is 333 g/mol. The first-order chi connectivity index (χ1) is 10.7. The molecule has 1 N–H and O–H groups in total. The second kappa shape index (κ2) is 7.02. The Morgan fingerprint density at radius 3 is 3.05 bits per heavy atom. The zero-order valence-corrected chi connectivity index (χ0v) is 13.5. The number of Topliss-reactive ketones (excluding diaryl/α,β-unsaturated/α-hetero) is 1. The maximum Gasteiger partial charge on any atom is 0.250 e. The number of rotatable bonds is 4. The highest BCUT2D eigenvalue weighted by atomic mass is 32.2. The van der Waals surface area contributed by atoms with Crippen LogP contribution in [0, 0.1) is 0 Å². The first-order valence-corrected chi connectivity index (χ1v) is 8.85. The Bertz CT molecular complexity index is 706. The molecule has 7 heteroatoms. The van der Waals surface area contributed by atoms with E-state index in [-0.39, 0.29) is 17.4 Å². The number of para-hydroxylation sites is 1. The molecule has 1 heterocycles. The number of amides is 1. The molecule has 3 rings (SSSR count). The number of thioether (sulfide) groups is 1. The Labute approximate surface area is 136 Å². The number of carbonyl (C=O) groups excluding carboxylic acids is 2. The van der Waals surface area contributed by atoms with Gasteiger partial charge in [-0.15, -0.1) is 11.3 Å². The summed E-state index contributed by atoms with van der Waals surface area (Å²) in [5, 5.41) is 4.05. The predicted molar refractivity (Wildman–Crippen MR) is 89.4 cm³/mol. The molecule has 1 fully saturated rings. The van der Waals surface area contributed by atoms with Crippen molar-refractivity contribution in [1.29, 1.82) is 0 Å². The molecule has 1 aliphatic carbocycles. The van der Waals surface area contributed by atoms with Crippen LogP contribution in [0.2, 0.25) is 0 Å². The number of aromatic nitrogens is 1. The van der Waals surface area contributed by atoms with Crippen molar-refractivity contribution in [2.75, 3.05) is 5.75 Å². The molecule has 0 bridgehead atoms. The molecule has 1 saturated carbocycles. The summed E-state index contributed by atoms with van der Waals surface area (Å²) in [5.74, 6) is 0.294. The average Bonchev–Trinajstić information content (AvgIpc) is 2.94. The third-order valence-corrected chi connectivity index (χ3v) is 5.44. The number of hydrazone groups is 1. The molecule has 22 heavy (non-hydrogen) atoms. The van der Waals surface area contributed by atoms with Gasteiger partial charge in [0.25, 0.3) is 5.91 Å². The van der Waals surface area contributed by atoms with Crippen LogP contribution in [0.3, 0.4) is 0 Å². The lowest BCUT2D eigenvalue weighted by molar-refractivity contribution is -0.119. The molecule has 1 amide bonds. The third-order valence-electron chi connectivity index (χ3n) is 3.26. The van der Waals surface area contributed by atoms with E-state index >= 15 is 0 Å². The minimum Gasteiger partial charge on any atom is -0.299 e. The minimum atomic E-state index is -0.172. The van der Waals surface area contributed by atoms with Crippen LogP contribution in [-0.2, 0) is 9.59 Å². The Morgan fingerprint density at radius 2 is 2.23 bits per heavy atom. The van der Waals surface area contributed by atoms with Gasteiger partial charge >= 0.3 is 0 Å². The largest absolute Gasteiger partial charge is 0.299 e. The van der Waals surface area contributed by atoms with Gasteiger partial charge in [0.15, 0.2) is 4.34 Å². The molecule has 0 atom stereocenters. The summed E-state index contributed by atoms with van der Waals surface area (Å²) in [7, 11) is 0. The zero-order chi connectivity index (χ0) is 15.4. The fourth-order valence-corrected chi connectivity index (χ4v) is 4.06. The number of benzene rings is 1. The van der Waals surface area contributed by atoms with Crippen LogP contribution < -0.4 is 5.43 Å². The molecule has 0 aliphatic heterocycles. The lowest BCUT2D eigenvalue weighted by Gasteiger charge is -2.11. The molecule has 114 valence electrons. The van der Waals surface area contributed by atoms with Crippen LogP contribution in [0.15, 0.2) is 33.7 Å². The van der Waals surface area contributed by atoms with Crippen LogP contribution >= 0.6 is 23.1 Å². The SMILES string of the molecule is O=C1CCC/C(=N\NC(=O)CSc2nc3ccccc3s2)C1. The number of ketones is 1. The molecule has 0 radical (unpaired) electrons. The van der Waals surface area contributed by atoms with Crippen molar-refractivity contribution >= 4 is 50.7 Å². The van der Waals surface area contributed by atoms with Gasteiger partial charge in [-0.05, 0) is 25.0 Å². The maximum absolute atomic E-state index is 11.8. The predicted octanol–water partition coefficient (Wildman–Crippen LogP) is 3.00. The first-order valence-electron chi connectivity index (χ1n) is 7.05. The van der Waals surface area contributed by atoms with Gasteiger partial charge in [-0.2, -0.15) is 5.10 Å². The van der Waals surface area contributed by atoms with Gasteiger partial charge in [-0.25, -0.2) is 10.4 Å². The van der Waals surface area contributed by atoms with E-state index in [0.29, 0.717) is 12.8 Å². The van der Waals surface area contributed by atoms with Crippen LogP contribution in [-0.4, -0.2) is 28.1 Å². The lowest BCUT2D eigenvalue weighted by atomic mass is 9.97. The van der Waals surface area contributed by atoms with E-state index in [2.05, 4.69) is 15.5 Å². The third kappa shape index (κ3) is 3.92. The van der Waals surface area contributed by atoms with Crippen molar-refractivity contribution in [3.8, 4) is 0 Å². The van der Waals surface area contributed by atoms with E-state index in [9.17, 15) is 9.59 Å². The Balaban J connectivity index is 1.51. The molecule has 5 nitrogen and oxygen atoms in total. The van der Waals surface area contributed by atoms with E-state index in [0.717, 1.165) is 33.1 Å². The number of nitrogens with zero attached hydrogens (tertiary/aromatic N) is 2. The summed E-state index contributed by atoms with van der Waals surface area (Å²) < 4.78 is 1.99. The van der Waals surface area contributed by atoms with Gasteiger partial charge in [-0.1, -0.05) is 23.9 Å². The molecule has 0 saturated heterocycles. The molecular formula is C15H15N3O2S2. The summed E-state index contributed by atoms with van der Waals surface area (Å²) in [4.78, 5) is 27.6. The van der Waals surface area contributed by atoms with E-state index < -0.39 is 0 Å². The van der Waals surface area contributed by atoms with Gasteiger partial charge < -0.3 is 0 Å². The van der Waals surface area contributed by atoms with Crippen LogP contribution in [0.4, 0.5) is 0 Å². The van der Waals surface area contributed by atoms with Crippen molar-refractivity contribution in [1.82, 2.24) is 10.4 Å². The number of nitrogens with one attached hydrogen (secondary N) is 1. The highest BCUT2D eigenvalue weighted by Gasteiger charge is 2.15. The molecule has 1 aromatic carbocycles. The zero-order valence-electron chi connectivity index (χ0n) is 11.9. The highest BCUT2D eigenvalue weighted by Crippen LogP contribution is 2.28. The Kier molecular flexibility index (Phi) is 4.84.